The molecule has 0 spiro atoms. The molecule has 1 aromatic carbocycles. The molecule has 0 saturated heterocycles. The van der Waals surface area contributed by atoms with Crippen molar-refractivity contribution in [1.29, 1.82) is 0 Å². The molecule has 0 radical (unpaired) electrons. The van der Waals surface area contributed by atoms with Gasteiger partial charge in [-0.15, -0.1) is 0 Å². The van der Waals surface area contributed by atoms with E-state index in [1.165, 1.54) is 0 Å². The quantitative estimate of drug-likeness (QED) is 0.770. The first-order chi connectivity index (χ1) is 8.47. The minimum absolute atomic E-state index is 0.0647. The Morgan fingerprint density at radius 1 is 1.39 bits per heavy atom. The highest BCUT2D eigenvalue weighted by molar-refractivity contribution is 5.80. The first-order valence-corrected chi connectivity index (χ1v) is 6.04. The van der Waals surface area contributed by atoms with Crippen molar-refractivity contribution in [2.75, 3.05) is 20.3 Å². The van der Waals surface area contributed by atoms with Gasteiger partial charge >= 0.3 is 0 Å². The second-order valence-corrected chi connectivity index (χ2v) is 5.05. The van der Waals surface area contributed by atoms with Gasteiger partial charge in [0, 0.05) is 13.7 Å². The second-order valence-electron chi connectivity index (χ2n) is 5.05. The molecule has 0 saturated carbocycles. The largest absolute Gasteiger partial charge is 0.383 e. The fraction of sp³-hybridized carbons (Fsp3) is 0.500. The maximum Gasteiger partial charge on any atom is 0.224 e. The summed E-state index contributed by atoms with van der Waals surface area (Å²) in [4.78, 5) is 11.3. The third kappa shape index (κ3) is 4.13. The SMILES string of the molecule is COCC(NCC(C)(C)C(N)=O)c1ccccc1. The third-order valence-electron chi connectivity index (χ3n) is 2.99. The molecule has 4 heteroatoms. The molecular weight excluding hydrogens is 228 g/mol. The molecule has 1 rings (SSSR count). The molecule has 0 aromatic heterocycles. The summed E-state index contributed by atoms with van der Waals surface area (Å²) in [5.74, 6) is -0.306. The molecule has 0 fully saturated rings. The van der Waals surface area contributed by atoms with Crippen molar-refractivity contribution >= 4 is 5.91 Å². The number of benzene rings is 1. The highest BCUT2D eigenvalue weighted by Crippen LogP contribution is 2.17. The van der Waals surface area contributed by atoms with Gasteiger partial charge in [-0.3, -0.25) is 4.79 Å². The van der Waals surface area contributed by atoms with Crippen molar-refractivity contribution in [3.8, 4) is 0 Å². The number of hydrogen-bond donors (Lipinski definition) is 2. The molecule has 3 N–H and O–H groups in total. The Morgan fingerprint density at radius 2 is 2.00 bits per heavy atom. The lowest BCUT2D eigenvalue weighted by Crippen LogP contribution is -2.42. The Bertz CT molecular complexity index is 377. The van der Waals surface area contributed by atoms with Gasteiger partial charge in [0.15, 0.2) is 0 Å². The van der Waals surface area contributed by atoms with Gasteiger partial charge in [0.2, 0.25) is 5.91 Å². The molecule has 0 heterocycles. The molecule has 1 amide bonds. The maximum atomic E-state index is 11.3. The van der Waals surface area contributed by atoms with Crippen LogP contribution in [0.2, 0.25) is 0 Å². The van der Waals surface area contributed by atoms with E-state index >= 15 is 0 Å². The van der Waals surface area contributed by atoms with Crippen LogP contribution in [0.1, 0.15) is 25.5 Å². The van der Waals surface area contributed by atoms with Crippen molar-refractivity contribution in [3.63, 3.8) is 0 Å². The van der Waals surface area contributed by atoms with Gasteiger partial charge in [0.1, 0.15) is 0 Å². The van der Waals surface area contributed by atoms with E-state index in [0.29, 0.717) is 13.2 Å². The summed E-state index contributed by atoms with van der Waals surface area (Å²) in [5.41, 5.74) is 5.93. The topological polar surface area (TPSA) is 64.3 Å². The van der Waals surface area contributed by atoms with E-state index in [-0.39, 0.29) is 11.9 Å². The van der Waals surface area contributed by atoms with Crippen molar-refractivity contribution in [2.24, 2.45) is 11.1 Å². The zero-order chi connectivity index (χ0) is 13.6. The van der Waals surface area contributed by atoms with Gasteiger partial charge in [-0.2, -0.15) is 0 Å². The lowest BCUT2D eigenvalue weighted by molar-refractivity contribution is -0.125. The van der Waals surface area contributed by atoms with Crippen LogP contribution in [0, 0.1) is 5.41 Å². The Hall–Kier alpha value is -1.39. The van der Waals surface area contributed by atoms with E-state index in [1.54, 1.807) is 7.11 Å². The molecule has 0 bridgehead atoms. The molecule has 1 unspecified atom stereocenters. The predicted octanol–water partition coefficient (Wildman–Crippen LogP) is 1.48. The van der Waals surface area contributed by atoms with Crippen LogP contribution in [-0.2, 0) is 9.53 Å². The van der Waals surface area contributed by atoms with Crippen molar-refractivity contribution in [2.45, 2.75) is 19.9 Å². The van der Waals surface area contributed by atoms with E-state index in [0.717, 1.165) is 5.56 Å². The van der Waals surface area contributed by atoms with Crippen LogP contribution >= 0.6 is 0 Å². The van der Waals surface area contributed by atoms with Crippen LogP contribution in [0.3, 0.4) is 0 Å². The molecular formula is C14H22N2O2. The number of primary amides is 1. The summed E-state index contributed by atoms with van der Waals surface area (Å²) >= 11 is 0. The highest BCUT2D eigenvalue weighted by Gasteiger charge is 2.26. The van der Waals surface area contributed by atoms with Gasteiger partial charge in [0.05, 0.1) is 18.1 Å². The first-order valence-electron chi connectivity index (χ1n) is 6.04. The summed E-state index contributed by atoms with van der Waals surface area (Å²) in [6.45, 7) is 4.73. The van der Waals surface area contributed by atoms with Crippen LogP contribution in [0.4, 0.5) is 0 Å². The molecule has 0 aliphatic heterocycles. The van der Waals surface area contributed by atoms with Gasteiger partial charge in [-0.25, -0.2) is 0 Å². The minimum Gasteiger partial charge on any atom is -0.383 e. The highest BCUT2D eigenvalue weighted by atomic mass is 16.5. The van der Waals surface area contributed by atoms with Crippen LogP contribution in [0.25, 0.3) is 0 Å². The Morgan fingerprint density at radius 3 is 2.50 bits per heavy atom. The lowest BCUT2D eigenvalue weighted by atomic mass is 9.92. The molecule has 18 heavy (non-hydrogen) atoms. The summed E-state index contributed by atoms with van der Waals surface area (Å²) in [6, 6.07) is 10.1. The minimum atomic E-state index is -0.569. The number of amides is 1. The zero-order valence-electron chi connectivity index (χ0n) is 11.3. The van der Waals surface area contributed by atoms with E-state index in [2.05, 4.69) is 5.32 Å². The molecule has 4 nitrogen and oxygen atoms in total. The summed E-state index contributed by atoms with van der Waals surface area (Å²) < 4.78 is 5.21. The van der Waals surface area contributed by atoms with Crippen molar-refractivity contribution in [1.82, 2.24) is 5.32 Å². The smallest absolute Gasteiger partial charge is 0.224 e. The number of carbonyl (C=O) groups is 1. The Kier molecular flexibility index (Phi) is 5.31. The van der Waals surface area contributed by atoms with Gasteiger partial charge < -0.3 is 15.8 Å². The van der Waals surface area contributed by atoms with E-state index in [4.69, 9.17) is 10.5 Å². The molecule has 0 aliphatic carbocycles. The number of methoxy groups -OCH3 is 1. The van der Waals surface area contributed by atoms with Gasteiger partial charge in [-0.1, -0.05) is 30.3 Å². The van der Waals surface area contributed by atoms with Crippen LogP contribution < -0.4 is 11.1 Å². The summed E-state index contributed by atoms with van der Waals surface area (Å²) in [5, 5.41) is 3.33. The second kappa shape index (κ2) is 6.52. The molecule has 100 valence electrons. The lowest BCUT2D eigenvalue weighted by Gasteiger charge is -2.25. The fourth-order valence-corrected chi connectivity index (χ4v) is 1.59. The normalized spacial score (nSPS) is 13.3. The monoisotopic (exact) mass is 250 g/mol. The average Bonchev–Trinajstić information content (AvgIpc) is 2.35. The van der Waals surface area contributed by atoms with Crippen LogP contribution in [0.5, 0.6) is 0 Å². The third-order valence-corrected chi connectivity index (χ3v) is 2.99. The summed E-state index contributed by atoms with van der Waals surface area (Å²) in [7, 11) is 1.66. The van der Waals surface area contributed by atoms with Gasteiger partial charge in [-0.05, 0) is 19.4 Å². The zero-order valence-corrected chi connectivity index (χ0v) is 11.3. The first kappa shape index (κ1) is 14.7. The number of nitrogens with one attached hydrogen (secondary N) is 1. The molecule has 1 atom stereocenters. The number of carbonyl (C=O) groups excluding carboxylic acids is 1. The van der Waals surface area contributed by atoms with E-state index in [1.807, 2.05) is 44.2 Å². The number of nitrogens with two attached hydrogens (primary N) is 1. The van der Waals surface area contributed by atoms with Gasteiger partial charge in [0.25, 0.3) is 0 Å². The predicted molar refractivity (Wildman–Crippen MR) is 72.0 cm³/mol. The molecule has 1 aromatic rings. The van der Waals surface area contributed by atoms with Crippen molar-refractivity contribution < 1.29 is 9.53 Å². The Balaban J connectivity index is 2.68. The van der Waals surface area contributed by atoms with Crippen LogP contribution in [0.15, 0.2) is 30.3 Å². The average molecular weight is 250 g/mol. The van der Waals surface area contributed by atoms with E-state index < -0.39 is 5.41 Å². The molecule has 0 aliphatic rings. The van der Waals surface area contributed by atoms with Crippen LogP contribution in [-0.4, -0.2) is 26.2 Å². The standard InChI is InChI=1S/C14H22N2O2/c1-14(2,13(15)17)10-16-12(9-18-3)11-7-5-4-6-8-11/h4-8,12,16H,9-10H2,1-3H3,(H2,15,17). The van der Waals surface area contributed by atoms with Crippen molar-refractivity contribution in [3.05, 3.63) is 35.9 Å². The number of ether oxygens (including phenoxy) is 1. The maximum absolute atomic E-state index is 11.3. The Labute approximate surface area is 109 Å². The van der Waals surface area contributed by atoms with E-state index in [9.17, 15) is 4.79 Å². The summed E-state index contributed by atoms with van der Waals surface area (Å²) in [6.07, 6.45) is 0. The number of rotatable bonds is 7. The fourth-order valence-electron chi connectivity index (χ4n) is 1.59. The number of hydrogen-bond acceptors (Lipinski definition) is 3.